The van der Waals surface area contributed by atoms with Gasteiger partial charge in [-0.2, -0.15) is 0 Å². The van der Waals surface area contributed by atoms with Crippen LogP contribution in [0.3, 0.4) is 0 Å². The summed E-state index contributed by atoms with van der Waals surface area (Å²) in [5.41, 5.74) is 0. The molecule has 4 nitrogen and oxygen atoms in total. The maximum absolute atomic E-state index is 5.69. The largest absolute Gasteiger partial charge is 0.379 e. The van der Waals surface area contributed by atoms with Crippen molar-refractivity contribution in [1.82, 2.24) is 9.80 Å². The van der Waals surface area contributed by atoms with E-state index in [4.69, 9.17) is 9.47 Å². The quantitative estimate of drug-likeness (QED) is 0.751. The van der Waals surface area contributed by atoms with Crippen molar-refractivity contribution in [2.24, 2.45) is 0 Å². The summed E-state index contributed by atoms with van der Waals surface area (Å²) in [5.74, 6) is 0. The fourth-order valence-electron chi connectivity index (χ4n) is 3.82. The molecule has 2 bridgehead atoms. The van der Waals surface area contributed by atoms with Crippen molar-refractivity contribution in [1.29, 1.82) is 0 Å². The molecule has 0 aromatic rings. The Balaban J connectivity index is 1.41. The Labute approximate surface area is 117 Å². The van der Waals surface area contributed by atoms with Gasteiger partial charge in [-0.1, -0.05) is 0 Å². The van der Waals surface area contributed by atoms with Crippen molar-refractivity contribution in [3.63, 3.8) is 0 Å². The monoisotopic (exact) mass is 268 g/mol. The Morgan fingerprint density at radius 1 is 1.11 bits per heavy atom. The average Bonchev–Trinajstić information content (AvgIpc) is 3.08. The van der Waals surface area contributed by atoms with Crippen LogP contribution in [0.15, 0.2) is 0 Å². The van der Waals surface area contributed by atoms with E-state index >= 15 is 0 Å². The van der Waals surface area contributed by atoms with Crippen LogP contribution in [0.2, 0.25) is 0 Å². The molecule has 3 aliphatic heterocycles. The first-order valence-corrected chi connectivity index (χ1v) is 7.93. The Morgan fingerprint density at radius 3 is 2.47 bits per heavy atom. The van der Waals surface area contributed by atoms with E-state index in [1.807, 2.05) is 0 Å². The highest BCUT2D eigenvalue weighted by Crippen LogP contribution is 2.30. The van der Waals surface area contributed by atoms with E-state index in [1.54, 1.807) is 0 Å². The highest BCUT2D eigenvalue weighted by atomic mass is 16.5. The van der Waals surface area contributed by atoms with Gasteiger partial charge in [0.2, 0.25) is 0 Å². The molecule has 4 unspecified atom stereocenters. The van der Waals surface area contributed by atoms with E-state index < -0.39 is 0 Å². The zero-order chi connectivity index (χ0) is 13.2. The molecule has 4 heteroatoms. The number of rotatable bonds is 5. The molecule has 0 amide bonds. The number of likely N-dealkylation sites (tertiary alicyclic amines) is 1. The van der Waals surface area contributed by atoms with Gasteiger partial charge in [-0.05, 0) is 33.1 Å². The summed E-state index contributed by atoms with van der Waals surface area (Å²) in [5, 5.41) is 0. The standard InChI is InChI=1S/C15H28N2O2/c1-12(16-5-7-18-8-6-16)3-4-13(2)17-10-15-9-14(17)11-19-15/h12-15H,3-11H2,1-2H3. The second-order valence-corrected chi connectivity index (χ2v) is 6.47. The smallest absolute Gasteiger partial charge is 0.0718 e. The highest BCUT2D eigenvalue weighted by molar-refractivity contribution is 4.93. The van der Waals surface area contributed by atoms with Crippen LogP contribution in [-0.2, 0) is 9.47 Å². The van der Waals surface area contributed by atoms with E-state index in [0.29, 0.717) is 24.2 Å². The molecule has 0 aliphatic carbocycles. The Morgan fingerprint density at radius 2 is 1.84 bits per heavy atom. The number of hydrogen-bond acceptors (Lipinski definition) is 4. The molecule has 0 saturated carbocycles. The van der Waals surface area contributed by atoms with Gasteiger partial charge in [0.05, 0.1) is 25.9 Å². The van der Waals surface area contributed by atoms with Gasteiger partial charge < -0.3 is 9.47 Å². The lowest BCUT2D eigenvalue weighted by molar-refractivity contribution is 0.00448. The van der Waals surface area contributed by atoms with Gasteiger partial charge in [0.15, 0.2) is 0 Å². The van der Waals surface area contributed by atoms with Crippen molar-refractivity contribution in [2.45, 2.75) is 57.3 Å². The van der Waals surface area contributed by atoms with Gasteiger partial charge in [0.1, 0.15) is 0 Å². The molecule has 0 N–H and O–H groups in total. The van der Waals surface area contributed by atoms with Crippen LogP contribution in [0.4, 0.5) is 0 Å². The molecule has 3 fully saturated rings. The molecule has 3 rings (SSSR count). The van der Waals surface area contributed by atoms with Crippen molar-refractivity contribution in [3.05, 3.63) is 0 Å². The Kier molecular flexibility index (Phi) is 4.42. The van der Waals surface area contributed by atoms with Crippen LogP contribution in [0.1, 0.15) is 33.1 Å². The first kappa shape index (κ1) is 13.8. The Bertz CT molecular complexity index is 294. The predicted molar refractivity (Wildman–Crippen MR) is 75.4 cm³/mol. The summed E-state index contributed by atoms with van der Waals surface area (Å²) in [7, 11) is 0. The SMILES string of the molecule is CC(CCC(C)N1CC2CC1CO2)N1CCOCC1. The van der Waals surface area contributed by atoms with E-state index in [-0.39, 0.29) is 0 Å². The third kappa shape index (κ3) is 3.13. The fraction of sp³-hybridized carbons (Fsp3) is 1.00. The molecule has 4 atom stereocenters. The van der Waals surface area contributed by atoms with Gasteiger partial charge in [-0.3, -0.25) is 9.80 Å². The summed E-state index contributed by atoms with van der Waals surface area (Å²) >= 11 is 0. The van der Waals surface area contributed by atoms with Crippen LogP contribution in [0.5, 0.6) is 0 Å². The first-order chi connectivity index (χ1) is 9.24. The predicted octanol–water partition coefficient (Wildman–Crippen LogP) is 1.35. The fourth-order valence-corrected chi connectivity index (χ4v) is 3.82. The van der Waals surface area contributed by atoms with Gasteiger partial charge in [-0.25, -0.2) is 0 Å². The van der Waals surface area contributed by atoms with E-state index in [2.05, 4.69) is 23.6 Å². The van der Waals surface area contributed by atoms with E-state index in [1.165, 1.54) is 19.3 Å². The third-order valence-corrected chi connectivity index (χ3v) is 5.18. The molecule has 0 aromatic heterocycles. The summed E-state index contributed by atoms with van der Waals surface area (Å²) in [6.45, 7) is 10.9. The molecular weight excluding hydrogens is 240 g/mol. The molecule has 3 saturated heterocycles. The van der Waals surface area contributed by atoms with E-state index in [0.717, 1.165) is 39.5 Å². The van der Waals surface area contributed by atoms with Gasteiger partial charge in [-0.15, -0.1) is 0 Å². The maximum atomic E-state index is 5.69. The molecule has 0 radical (unpaired) electrons. The summed E-state index contributed by atoms with van der Waals surface area (Å²) in [6.07, 6.45) is 4.41. The third-order valence-electron chi connectivity index (χ3n) is 5.18. The average molecular weight is 268 g/mol. The summed E-state index contributed by atoms with van der Waals surface area (Å²) in [4.78, 5) is 5.26. The second-order valence-electron chi connectivity index (χ2n) is 6.47. The maximum Gasteiger partial charge on any atom is 0.0718 e. The minimum absolute atomic E-state index is 0.532. The molecule has 0 spiro atoms. The summed E-state index contributed by atoms with van der Waals surface area (Å²) in [6, 6.07) is 2.11. The van der Waals surface area contributed by atoms with Crippen molar-refractivity contribution in [2.75, 3.05) is 39.5 Å². The van der Waals surface area contributed by atoms with Gasteiger partial charge >= 0.3 is 0 Å². The van der Waals surface area contributed by atoms with Crippen molar-refractivity contribution >= 4 is 0 Å². The van der Waals surface area contributed by atoms with Crippen LogP contribution < -0.4 is 0 Å². The molecular formula is C15H28N2O2. The molecule has 3 aliphatic rings. The normalized spacial score (nSPS) is 35.7. The molecule has 3 heterocycles. The minimum atomic E-state index is 0.532. The lowest BCUT2D eigenvalue weighted by Crippen LogP contribution is -2.45. The number of morpholine rings is 2. The minimum Gasteiger partial charge on any atom is -0.379 e. The number of nitrogens with zero attached hydrogens (tertiary/aromatic N) is 2. The molecule has 0 aromatic carbocycles. The number of hydrogen-bond donors (Lipinski definition) is 0. The first-order valence-electron chi connectivity index (χ1n) is 7.93. The van der Waals surface area contributed by atoms with Gasteiger partial charge in [0.25, 0.3) is 0 Å². The Hall–Kier alpha value is -0.160. The topological polar surface area (TPSA) is 24.9 Å². The zero-order valence-corrected chi connectivity index (χ0v) is 12.4. The number of fused-ring (bicyclic) bond motifs is 2. The van der Waals surface area contributed by atoms with Crippen molar-refractivity contribution in [3.8, 4) is 0 Å². The van der Waals surface area contributed by atoms with Gasteiger partial charge in [0, 0.05) is 37.8 Å². The second kappa shape index (κ2) is 6.08. The molecule has 19 heavy (non-hydrogen) atoms. The highest BCUT2D eigenvalue weighted by Gasteiger charge is 2.40. The van der Waals surface area contributed by atoms with Crippen molar-refractivity contribution < 1.29 is 9.47 Å². The summed E-state index contributed by atoms with van der Waals surface area (Å²) < 4.78 is 11.1. The zero-order valence-electron chi connectivity index (χ0n) is 12.4. The van der Waals surface area contributed by atoms with E-state index in [9.17, 15) is 0 Å². The van der Waals surface area contributed by atoms with Crippen LogP contribution >= 0.6 is 0 Å². The number of ether oxygens (including phenoxy) is 2. The molecule has 110 valence electrons. The van der Waals surface area contributed by atoms with Crippen LogP contribution in [0, 0.1) is 0 Å². The lowest BCUT2D eigenvalue weighted by Gasteiger charge is -2.35. The lowest BCUT2D eigenvalue weighted by atomic mass is 10.0. The van der Waals surface area contributed by atoms with Crippen LogP contribution in [0.25, 0.3) is 0 Å². The van der Waals surface area contributed by atoms with Crippen LogP contribution in [-0.4, -0.2) is 73.5 Å².